The Bertz CT molecular complexity index is 482. The zero-order chi connectivity index (χ0) is 13.1. The van der Waals surface area contributed by atoms with Gasteiger partial charge in [-0.1, -0.05) is 0 Å². The molecule has 0 fully saturated rings. The first-order valence-electron chi connectivity index (χ1n) is 4.77. The molecule has 0 aliphatic heterocycles. The molecule has 1 aromatic rings. The van der Waals surface area contributed by atoms with Gasteiger partial charge in [0.2, 0.25) is 0 Å². The van der Waals surface area contributed by atoms with Gasteiger partial charge in [-0.15, -0.1) is 0 Å². The highest BCUT2D eigenvalue weighted by Gasteiger charge is 2.16. The van der Waals surface area contributed by atoms with E-state index in [4.69, 9.17) is 20.3 Å². The molecular formula is C8H14N3O5P. The van der Waals surface area contributed by atoms with Gasteiger partial charge >= 0.3 is 13.3 Å². The van der Waals surface area contributed by atoms with Crippen LogP contribution in [-0.4, -0.2) is 31.8 Å². The molecule has 8 nitrogen and oxygen atoms in total. The Morgan fingerprint density at radius 2 is 2.29 bits per heavy atom. The molecule has 1 rings (SSSR count). The minimum Gasteiger partial charge on any atom is -0.385 e. The molecule has 9 heteroatoms. The molecule has 96 valence electrons. The number of aromatic nitrogens is 2. The van der Waals surface area contributed by atoms with Crippen LogP contribution in [0.4, 0.5) is 5.82 Å². The lowest BCUT2D eigenvalue weighted by molar-refractivity contribution is 0.0752. The van der Waals surface area contributed by atoms with Crippen molar-refractivity contribution < 1.29 is 19.1 Å². The van der Waals surface area contributed by atoms with E-state index in [-0.39, 0.29) is 12.4 Å². The summed E-state index contributed by atoms with van der Waals surface area (Å²) in [5, 5.41) is 0. The largest absolute Gasteiger partial charge is 0.385 e. The Balaban J connectivity index is 2.66. The molecule has 1 heterocycles. The number of hydrogen-bond donors (Lipinski definition) is 3. The fraction of sp³-hybridized carbons (Fsp3) is 0.500. The van der Waals surface area contributed by atoms with Crippen molar-refractivity contribution in [1.29, 1.82) is 0 Å². The zero-order valence-electron chi connectivity index (χ0n) is 9.18. The second-order valence-electron chi connectivity index (χ2n) is 3.53. The van der Waals surface area contributed by atoms with Crippen molar-refractivity contribution in [2.75, 3.05) is 12.1 Å². The average molecular weight is 263 g/mol. The summed E-state index contributed by atoms with van der Waals surface area (Å²) in [6, 6.07) is 1.46. The van der Waals surface area contributed by atoms with Crippen LogP contribution in [0.5, 0.6) is 0 Å². The predicted octanol–water partition coefficient (Wildman–Crippen LogP) is -0.634. The number of rotatable bonds is 5. The highest BCUT2D eigenvalue weighted by atomic mass is 31.2. The van der Waals surface area contributed by atoms with E-state index >= 15 is 0 Å². The third kappa shape index (κ3) is 4.66. The Hall–Kier alpha value is -1.21. The van der Waals surface area contributed by atoms with Gasteiger partial charge < -0.3 is 20.3 Å². The highest BCUT2D eigenvalue weighted by Crippen LogP contribution is 2.34. The topological polar surface area (TPSA) is 128 Å². The lowest BCUT2D eigenvalue weighted by atomic mass is 10.4. The second kappa shape index (κ2) is 5.42. The van der Waals surface area contributed by atoms with Crippen LogP contribution < -0.4 is 11.4 Å². The van der Waals surface area contributed by atoms with Gasteiger partial charge in [-0.05, 0) is 13.0 Å². The molecule has 0 saturated carbocycles. The molecule has 1 unspecified atom stereocenters. The Morgan fingerprint density at radius 3 is 2.82 bits per heavy atom. The maximum Gasteiger partial charge on any atom is 0.350 e. The zero-order valence-corrected chi connectivity index (χ0v) is 10.1. The minimum absolute atomic E-state index is 0.0819. The predicted molar refractivity (Wildman–Crippen MR) is 60.4 cm³/mol. The van der Waals surface area contributed by atoms with Gasteiger partial charge in [-0.25, -0.2) is 9.78 Å². The number of anilines is 1. The third-order valence-electron chi connectivity index (χ3n) is 1.94. The van der Waals surface area contributed by atoms with Crippen LogP contribution in [0.3, 0.4) is 0 Å². The Labute approximate surface area is 97.2 Å². The Morgan fingerprint density at radius 1 is 1.65 bits per heavy atom. The third-order valence-corrected chi connectivity index (χ3v) is 2.43. The molecule has 0 amide bonds. The normalized spacial score (nSPS) is 13.6. The number of nitrogens with two attached hydrogens (primary N) is 1. The summed E-state index contributed by atoms with van der Waals surface area (Å²) in [6.45, 7) is 1.66. The first-order chi connectivity index (χ1) is 7.79. The van der Waals surface area contributed by atoms with E-state index in [2.05, 4.69) is 4.98 Å². The van der Waals surface area contributed by atoms with Crippen molar-refractivity contribution in [3.05, 3.63) is 22.7 Å². The van der Waals surface area contributed by atoms with Crippen LogP contribution >= 0.6 is 7.60 Å². The number of nitrogens with zero attached hydrogens (tertiary/aromatic N) is 2. The van der Waals surface area contributed by atoms with Gasteiger partial charge in [0.05, 0.1) is 12.6 Å². The van der Waals surface area contributed by atoms with Gasteiger partial charge in [0.1, 0.15) is 12.2 Å². The average Bonchev–Trinajstić information content (AvgIpc) is 2.20. The number of nitrogen functional groups attached to an aromatic ring is 1. The van der Waals surface area contributed by atoms with E-state index in [1.807, 2.05) is 0 Å². The molecule has 0 saturated heterocycles. The van der Waals surface area contributed by atoms with E-state index < -0.39 is 25.7 Å². The molecule has 0 radical (unpaired) electrons. The lowest BCUT2D eigenvalue weighted by Gasteiger charge is -2.15. The van der Waals surface area contributed by atoms with Crippen molar-refractivity contribution in [1.82, 2.24) is 9.55 Å². The maximum absolute atomic E-state index is 11.3. The van der Waals surface area contributed by atoms with Gasteiger partial charge in [-0.2, -0.15) is 0 Å². The van der Waals surface area contributed by atoms with Crippen LogP contribution in [0.25, 0.3) is 0 Å². The standard InChI is InChI=1S/C8H14N3O5P/c1-6(16-5-17(13,14)15)4-11-7(9)2-3-10-8(11)12/h2-3,6H,4-5,9H2,1H3,(H2,13,14,15). The first-order valence-corrected chi connectivity index (χ1v) is 6.57. The molecular weight excluding hydrogens is 249 g/mol. The fourth-order valence-corrected chi connectivity index (χ4v) is 1.61. The van der Waals surface area contributed by atoms with Crippen LogP contribution in [-0.2, 0) is 15.8 Å². The molecule has 17 heavy (non-hydrogen) atoms. The van der Waals surface area contributed by atoms with E-state index in [0.29, 0.717) is 0 Å². The molecule has 0 bridgehead atoms. The Kier molecular flexibility index (Phi) is 4.41. The fourth-order valence-electron chi connectivity index (χ4n) is 1.17. The van der Waals surface area contributed by atoms with Gasteiger partial charge in [-0.3, -0.25) is 9.13 Å². The van der Waals surface area contributed by atoms with Crippen LogP contribution in [0.15, 0.2) is 17.1 Å². The molecule has 0 aliphatic rings. The summed E-state index contributed by atoms with van der Waals surface area (Å²) in [6.07, 6.45) is 0.0325. The molecule has 4 N–H and O–H groups in total. The first kappa shape index (κ1) is 13.9. The lowest BCUT2D eigenvalue weighted by Crippen LogP contribution is -2.30. The molecule has 0 aliphatic carbocycles. The summed E-state index contributed by atoms with van der Waals surface area (Å²) < 4.78 is 16.7. The van der Waals surface area contributed by atoms with Crippen molar-refractivity contribution in [2.45, 2.75) is 19.6 Å². The quantitative estimate of drug-likeness (QED) is 0.603. The summed E-state index contributed by atoms with van der Waals surface area (Å²) >= 11 is 0. The SMILES string of the molecule is CC(Cn1c(N)ccnc1=O)OCP(=O)(O)O. The van der Waals surface area contributed by atoms with Gasteiger partial charge in [0, 0.05) is 6.20 Å². The van der Waals surface area contributed by atoms with Crippen LogP contribution in [0.1, 0.15) is 6.92 Å². The van der Waals surface area contributed by atoms with E-state index in [9.17, 15) is 9.36 Å². The summed E-state index contributed by atoms with van der Waals surface area (Å²) in [5.74, 6) is 0.219. The van der Waals surface area contributed by atoms with Gasteiger partial charge in [0.25, 0.3) is 0 Å². The molecule has 0 spiro atoms. The summed E-state index contributed by atoms with van der Waals surface area (Å²) in [7, 11) is -4.20. The van der Waals surface area contributed by atoms with Crippen molar-refractivity contribution >= 4 is 13.4 Å². The van der Waals surface area contributed by atoms with Crippen molar-refractivity contribution in [3.8, 4) is 0 Å². The smallest absolute Gasteiger partial charge is 0.350 e. The van der Waals surface area contributed by atoms with Crippen molar-refractivity contribution in [3.63, 3.8) is 0 Å². The minimum atomic E-state index is -4.20. The van der Waals surface area contributed by atoms with Crippen LogP contribution in [0, 0.1) is 0 Å². The number of hydrogen-bond acceptors (Lipinski definition) is 5. The molecule has 1 aromatic heterocycles. The van der Waals surface area contributed by atoms with E-state index in [1.54, 1.807) is 6.92 Å². The van der Waals surface area contributed by atoms with E-state index in [0.717, 1.165) is 0 Å². The van der Waals surface area contributed by atoms with Crippen LogP contribution in [0.2, 0.25) is 0 Å². The molecule has 0 aromatic carbocycles. The second-order valence-corrected chi connectivity index (χ2v) is 5.12. The highest BCUT2D eigenvalue weighted by molar-refractivity contribution is 7.51. The monoisotopic (exact) mass is 263 g/mol. The maximum atomic E-state index is 11.3. The number of ether oxygens (including phenoxy) is 1. The molecule has 1 atom stereocenters. The van der Waals surface area contributed by atoms with Crippen molar-refractivity contribution in [2.24, 2.45) is 0 Å². The van der Waals surface area contributed by atoms with E-state index in [1.165, 1.54) is 16.8 Å². The summed E-state index contributed by atoms with van der Waals surface area (Å²) in [5.41, 5.74) is 5.03. The van der Waals surface area contributed by atoms with Gasteiger partial charge in [0.15, 0.2) is 0 Å². The summed E-state index contributed by atoms with van der Waals surface area (Å²) in [4.78, 5) is 32.1.